The predicted molar refractivity (Wildman–Crippen MR) is 63.7 cm³/mol. The third-order valence-electron chi connectivity index (χ3n) is 2.80. The van der Waals surface area contributed by atoms with Crippen LogP contribution in [0.15, 0.2) is 30.3 Å². The maximum atomic E-state index is 5.84. The summed E-state index contributed by atoms with van der Waals surface area (Å²) in [5, 5.41) is 0. The molecule has 1 aromatic carbocycles. The molecular weight excluding hydrogens is 184 g/mol. The van der Waals surface area contributed by atoms with Crippen LogP contribution in [0.4, 0.5) is 0 Å². The van der Waals surface area contributed by atoms with Crippen molar-refractivity contribution in [1.29, 1.82) is 0 Å². The standard InChI is InChI=1S/C14H18O/c1-2-3-6-11-15-14-10-9-12-7-4-5-8-13(12)14/h4-5,7-10,14H,2-3,6,11H2,1H3. The van der Waals surface area contributed by atoms with Gasteiger partial charge in [-0.1, -0.05) is 56.2 Å². The fourth-order valence-electron chi connectivity index (χ4n) is 1.92. The summed E-state index contributed by atoms with van der Waals surface area (Å²) in [5.41, 5.74) is 2.62. The lowest BCUT2D eigenvalue weighted by molar-refractivity contribution is 0.0842. The molecule has 0 fully saturated rings. The van der Waals surface area contributed by atoms with Crippen LogP contribution in [0.25, 0.3) is 6.08 Å². The summed E-state index contributed by atoms with van der Waals surface area (Å²) in [6.45, 7) is 3.09. The van der Waals surface area contributed by atoms with Gasteiger partial charge < -0.3 is 4.74 Å². The monoisotopic (exact) mass is 202 g/mol. The molecule has 1 atom stereocenters. The highest BCUT2D eigenvalue weighted by atomic mass is 16.5. The van der Waals surface area contributed by atoms with Gasteiger partial charge in [-0.25, -0.2) is 0 Å². The molecule has 1 heteroatoms. The number of unbranched alkanes of at least 4 members (excludes halogenated alkanes) is 2. The minimum atomic E-state index is 0.193. The molecule has 0 aromatic heterocycles. The van der Waals surface area contributed by atoms with Crippen molar-refractivity contribution in [3.63, 3.8) is 0 Å². The van der Waals surface area contributed by atoms with Gasteiger partial charge in [-0.2, -0.15) is 0 Å². The largest absolute Gasteiger partial charge is 0.369 e. The Balaban J connectivity index is 1.88. The molecule has 0 amide bonds. The first-order chi connectivity index (χ1) is 7.42. The van der Waals surface area contributed by atoms with E-state index in [4.69, 9.17) is 4.74 Å². The second-order valence-electron chi connectivity index (χ2n) is 3.99. The van der Waals surface area contributed by atoms with E-state index < -0.39 is 0 Å². The van der Waals surface area contributed by atoms with Crippen molar-refractivity contribution in [2.24, 2.45) is 0 Å². The van der Waals surface area contributed by atoms with Crippen LogP contribution in [0.2, 0.25) is 0 Å². The van der Waals surface area contributed by atoms with Crippen molar-refractivity contribution < 1.29 is 4.74 Å². The Bertz CT molecular complexity index is 341. The molecule has 0 N–H and O–H groups in total. The second kappa shape index (κ2) is 5.13. The molecule has 2 rings (SSSR count). The van der Waals surface area contributed by atoms with E-state index in [0.717, 1.165) is 6.61 Å². The molecule has 1 nitrogen and oxygen atoms in total. The van der Waals surface area contributed by atoms with Crippen LogP contribution in [0.5, 0.6) is 0 Å². The summed E-state index contributed by atoms with van der Waals surface area (Å²) in [7, 11) is 0. The molecule has 0 saturated carbocycles. The zero-order chi connectivity index (χ0) is 10.5. The highest BCUT2D eigenvalue weighted by Crippen LogP contribution is 2.30. The highest BCUT2D eigenvalue weighted by molar-refractivity contribution is 5.61. The number of ether oxygens (including phenoxy) is 1. The van der Waals surface area contributed by atoms with Gasteiger partial charge >= 0.3 is 0 Å². The summed E-state index contributed by atoms with van der Waals surface area (Å²) in [6, 6.07) is 8.44. The highest BCUT2D eigenvalue weighted by Gasteiger charge is 2.16. The Hall–Kier alpha value is -1.08. The molecule has 0 aliphatic heterocycles. The van der Waals surface area contributed by atoms with Gasteiger partial charge in [0.2, 0.25) is 0 Å². The van der Waals surface area contributed by atoms with E-state index >= 15 is 0 Å². The van der Waals surface area contributed by atoms with E-state index in [0.29, 0.717) is 0 Å². The average Bonchev–Trinajstić information content (AvgIpc) is 2.68. The zero-order valence-electron chi connectivity index (χ0n) is 9.28. The quantitative estimate of drug-likeness (QED) is 0.657. The van der Waals surface area contributed by atoms with Crippen LogP contribution in [0, 0.1) is 0 Å². The molecule has 1 aliphatic carbocycles. The minimum absolute atomic E-state index is 0.193. The van der Waals surface area contributed by atoms with Gasteiger partial charge in [-0.05, 0) is 17.5 Å². The maximum absolute atomic E-state index is 5.84. The van der Waals surface area contributed by atoms with Gasteiger partial charge in [0.25, 0.3) is 0 Å². The van der Waals surface area contributed by atoms with E-state index in [1.54, 1.807) is 0 Å². The van der Waals surface area contributed by atoms with Gasteiger partial charge in [0.05, 0.1) is 0 Å². The topological polar surface area (TPSA) is 9.23 Å². The molecule has 15 heavy (non-hydrogen) atoms. The third-order valence-corrected chi connectivity index (χ3v) is 2.80. The average molecular weight is 202 g/mol. The van der Waals surface area contributed by atoms with Gasteiger partial charge in [0.15, 0.2) is 0 Å². The Labute approximate surface area is 91.8 Å². The summed E-state index contributed by atoms with van der Waals surface area (Å²) < 4.78 is 5.84. The first-order valence-corrected chi connectivity index (χ1v) is 5.80. The molecule has 1 unspecified atom stereocenters. The predicted octanol–water partition coefficient (Wildman–Crippen LogP) is 3.96. The van der Waals surface area contributed by atoms with E-state index in [-0.39, 0.29) is 6.10 Å². The lowest BCUT2D eigenvalue weighted by Crippen LogP contribution is -2.01. The molecular formula is C14H18O. The fraction of sp³-hybridized carbons (Fsp3) is 0.429. The Morgan fingerprint density at radius 3 is 2.93 bits per heavy atom. The van der Waals surface area contributed by atoms with Crippen LogP contribution >= 0.6 is 0 Å². The first-order valence-electron chi connectivity index (χ1n) is 5.80. The van der Waals surface area contributed by atoms with Crippen molar-refractivity contribution in [3.8, 4) is 0 Å². The van der Waals surface area contributed by atoms with E-state index in [1.165, 1.54) is 30.4 Å². The van der Waals surface area contributed by atoms with E-state index in [1.807, 2.05) is 0 Å². The number of hydrogen-bond donors (Lipinski definition) is 0. The van der Waals surface area contributed by atoms with Crippen molar-refractivity contribution in [1.82, 2.24) is 0 Å². The Morgan fingerprint density at radius 1 is 1.20 bits per heavy atom. The number of rotatable bonds is 5. The van der Waals surface area contributed by atoms with Gasteiger partial charge in [-0.15, -0.1) is 0 Å². The number of fused-ring (bicyclic) bond motifs is 1. The first kappa shape index (κ1) is 10.4. The minimum Gasteiger partial charge on any atom is -0.369 e. The van der Waals surface area contributed by atoms with E-state index in [9.17, 15) is 0 Å². The molecule has 1 aliphatic rings. The van der Waals surface area contributed by atoms with Crippen LogP contribution in [-0.2, 0) is 4.74 Å². The van der Waals surface area contributed by atoms with Gasteiger partial charge in [0.1, 0.15) is 6.10 Å². The van der Waals surface area contributed by atoms with Crippen molar-refractivity contribution in [2.45, 2.75) is 32.3 Å². The second-order valence-corrected chi connectivity index (χ2v) is 3.99. The third kappa shape index (κ3) is 2.48. The molecule has 0 spiro atoms. The Kier molecular flexibility index (Phi) is 3.57. The SMILES string of the molecule is CCCCCOC1C=Cc2ccccc21. The maximum Gasteiger partial charge on any atom is 0.102 e. The van der Waals surface area contributed by atoms with Crippen molar-refractivity contribution in [2.75, 3.05) is 6.61 Å². The summed E-state index contributed by atoms with van der Waals surface area (Å²) in [5.74, 6) is 0. The van der Waals surface area contributed by atoms with Crippen molar-refractivity contribution in [3.05, 3.63) is 41.5 Å². The van der Waals surface area contributed by atoms with E-state index in [2.05, 4.69) is 43.3 Å². The Morgan fingerprint density at radius 2 is 2.07 bits per heavy atom. The fourth-order valence-corrected chi connectivity index (χ4v) is 1.92. The molecule has 0 bridgehead atoms. The molecule has 0 saturated heterocycles. The molecule has 0 radical (unpaired) electrons. The van der Waals surface area contributed by atoms with Gasteiger partial charge in [0, 0.05) is 6.61 Å². The van der Waals surface area contributed by atoms with Crippen LogP contribution in [-0.4, -0.2) is 6.61 Å². The lowest BCUT2D eigenvalue weighted by Gasteiger charge is -2.12. The zero-order valence-corrected chi connectivity index (χ0v) is 9.28. The number of benzene rings is 1. The molecule has 80 valence electrons. The molecule has 0 heterocycles. The summed E-state index contributed by atoms with van der Waals surface area (Å²) >= 11 is 0. The number of hydrogen-bond acceptors (Lipinski definition) is 1. The van der Waals surface area contributed by atoms with Gasteiger partial charge in [-0.3, -0.25) is 0 Å². The summed E-state index contributed by atoms with van der Waals surface area (Å²) in [4.78, 5) is 0. The normalized spacial score (nSPS) is 18.1. The molecule has 1 aromatic rings. The summed E-state index contributed by atoms with van der Waals surface area (Å²) in [6.07, 6.45) is 8.18. The smallest absolute Gasteiger partial charge is 0.102 e. The van der Waals surface area contributed by atoms with Crippen LogP contribution < -0.4 is 0 Å². The van der Waals surface area contributed by atoms with Crippen LogP contribution in [0.1, 0.15) is 43.4 Å². The van der Waals surface area contributed by atoms with Crippen molar-refractivity contribution >= 4 is 6.08 Å². The van der Waals surface area contributed by atoms with Crippen LogP contribution in [0.3, 0.4) is 0 Å². The lowest BCUT2D eigenvalue weighted by atomic mass is 10.1.